The van der Waals surface area contributed by atoms with Crippen LogP contribution < -0.4 is 4.90 Å². The molecule has 0 spiro atoms. The molecule has 3 rings (SSSR count). The molecular weight excluding hydrogens is 270 g/mol. The highest BCUT2D eigenvalue weighted by molar-refractivity contribution is 6.30. The lowest BCUT2D eigenvalue weighted by Crippen LogP contribution is -2.48. The molecule has 0 aromatic heterocycles. The standard InChI is InChI=1S/C16H24ClN3/c1-18-6-5-14(12-18)13-19-7-9-20(10-8-19)16-4-2-3-15(17)11-16/h2-4,11,14H,5-10,12-13H2,1H3. The predicted octanol–water partition coefficient (Wildman–Crippen LogP) is 2.41. The summed E-state index contributed by atoms with van der Waals surface area (Å²) >= 11 is 6.08. The van der Waals surface area contributed by atoms with Crippen LogP contribution in [-0.4, -0.2) is 62.7 Å². The molecule has 1 atom stereocenters. The van der Waals surface area contributed by atoms with Gasteiger partial charge in [-0.1, -0.05) is 17.7 Å². The highest BCUT2D eigenvalue weighted by Crippen LogP contribution is 2.22. The van der Waals surface area contributed by atoms with Crippen molar-refractivity contribution in [3.05, 3.63) is 29.3 Å². The third kappa shape index (κ3) is 3.46. The topological polar surface area (TPSA) is 9.72 Å². The van der Waals surface area contributed by atoms with Gasteiger partial charge in [0, 0.05) is 50.0 Å². The van der Waals surface area contributed by atoms with Crippen LogP contribution >= 0.6 is 11.6 Å². The average Bonchev–Trinajstić information content (AvgIpc) is 2.85. The first-order valence-electron chi connectivity index (χ1n) is 7.62. The van der Waals surface area contributed by atoms with E-state index < -0.39 is 0 Å². The Hall–Kier alpha value is -0.770. The molecule has 0 N–H and O–H groups in total. The van der Waals surface area contributed by atoms with Crippen molar-refractivity contribution < 1.29 is 0 Å². The van der Waals surface area contributed by atoms with Crippen molar-refractivity contribution in [2.24, 2.45) is 5.92 Å². The van der Waals surface area contributed by atoms with Gasteiger partial charge in [-0.2, -0.15) is 0 Å². The Morgan fingerprint density at radius 2 is 1.95 bits per heavy atom. The number of hydrogen-bond acceptors (Lipinski definition) is 3. The maximum atomic E-state index is 6.08. The van der Waals surface area contributed by atoms with E-state index in [1.807, 2.05) is 12.1 Å². The number of benzene rings is 1. The molecular formula is C16H24ClN3. The predicted molar refractivity (Wildman–Crippen MR) is 85.7 cm³/mol. The molecule has 1 aromatic carbocycles. The molecule has 4 heteroatoms. The molecule has 0 amide bonds. The minimum atomic E-state index is 0.832. The molecule has 2 aliphatic rings. The zero-order valence-corrected chi connectivity index (χ0v) is 13.0. The van der Waals surface area contributed by atoms with Crippen molar-refractivity contribution in [3.63, 3.8) is 0 Å². The summed E-state index contributed by atoms with van der Waals surface area (Å²) in [6.45, 7) is 8.39. The van der Waals surface area contributed by atoms with E-state index >= 15 is 0 Å². The third-order valence-electron chi connectivity index (χ3n) is 4.55. The van der Waals surface area contributed by atoms with Crippen LogP contribution in [0.3, 0.4) is 0 Å². The summed E-state index contributed by atoms with van der Waals surface area (Å²) in [6, 6.07) is 8.22. The van der Waals surface area contributed by atoms with Gasteiger partial charge in [0.25, 0.3) is 0 Å². The summed E-state index contributed by atoms with van der Waals surface area (Å²) in [6.07, 6.45) is 1.37. The van der Waals surface area contributed by atoms with Gasteiger partial charge in [-0.3, -0.25) is 4.90 Å². The Labute approximate surface area is 127 Å². The van der Waals surface area contributed by atoms with E-state index in [2.05, 4.69) is 33.9 Å². The van der Waals surface area contributed by atoms with Crippen molar-refractivity contribution in [1.29, 1.82) is 0 Å². The molecule has 1 aromatic rings. The van der Waals surface area contributed by atoms with Gasteiger partial charge < -0.3 is 9.80 Å². The van der Waals surface area contributed by atoms with Gasteiger partial charge in [0.2, 0.25) is 0 Å². The van der Waals surface area contributed by atoms with E-state index in [0.29, 0.717) is 0 Å². The fourth-order valence-corrected chi connectivity index (χ4v) is 3.59. The number of hydrogen-bond donors (Lipinski definition) is 0. The number of halogens is 1. The number of likely N-dealkylation sites (tertiary alicyclic amines) is 1. The number of anilines is 1. The highest BCUT2D eigenvalue weighted by atomic mass is 35.5. The molecule has 2 heterocycles. The molecule has 2 aliphatic heterocycles. The van der Waals surface area contributed by atoms with E-state index in [4.69, 9.17) is 11.6 Å². The van der Waals surface area contributed by atoms with Gasteiger partial charge in [-0.05, 0) is 44.1 Å². The van der Waals surface area contributed by atoms with Gasteiger partial charge >= 0.3 is 0 Å². The second-order valence-electron chi connectivity index (χ2n) is 6.18. The average molecular weight is 294 g/mol. The Bertz CT molecular complexity index is 443. The number of piperazine rings is 1. The fourth-order valence-electron chi connectivity index (χ4n) is 3.40. The second-order valence-corrected chi connectivity index (χ2v) is 6.62. The molecule has 0 aliphatic carbocycles. The molecule has 110 valence electrons. The summed E-state index contributed by atoms with van der Waals surface area (Å²) in [5.41, 5.74) is 1.26. The Morgan fingerprint density at radius 3 is 2.60 bits per heavy atom. The first kappa shape index (κ1) is 14.2. The van der Waals surface area contributed by atoms with Gasteiger partial charge in [-0.25, -0.2) is 0 Å². The van der Waals surface area contributed by atoms with Crippen LogP contribution in [0, 0.1) is 5.92 Å². The summed E-state index contributed by atoms with van der Waals surface area (Å²) in [4.78, 5) is 7.53. The third-order valence-corrected chi connectivity index (χ3v) is 4.79. The zero-order chi connectivity index (χ0) is 13.9. The molecule has 20 heavy (non-hydrogen) atoms. The zero-order valence-electron chi connectivity index (χ0n) is 12.3. The lowest BCUT2D eigenvalue weighted by molar-refractivity contribution is 0.219. The second kappa shape index (κ2) is 6.33. The summed E-state index contributed by atoms with van der Waals surface area (Å²) in [5, 5.41) is 0.832. The summed E-state index contributed by atoms with van der Waals surface area (Å²) in [5.74, 6) is 0.873. The van der Waals surface area contributed by atoms with Crippen LogP contribution in [0.15, 0.2) is 24.3 Å². The van der Waals surface area contributed by atoms with Crippen molar-refractivity contribution >= 4 is 17.3 Å². The monoisotopic (exact) mass is 293 g/mol. The molecule has 2 fully saturated rings. The van der Waals surface area contributed by atoms with E-state index in [9.17, 15) is 0 Å². The van der Waals surface area contributed by atoms with Crippen LogP contribution in [-0.2, 0) is 0 Å². The van der Waals surface area contributed by atoms with E-state index in [-0.39, 0.29) is 0 Å². The largest absolute Gasteiger partial charge is 0.369 e. The van der Waals surface area contributed by atoms with E-state index in [1.165, 1.54) is 44.8 Å². The first-order valence-corrected chi connectivity index (χ1v) is 8.00. The Kier molecular flexibility index (Phi) is 4.49. The molecule has 1 unspecified atom stereocenters. The van der Waals surface area contributed by atoms with Crippen LogP contribution in [0.2, 0.25) is 5.02 Å². The molecule has 2 saturated heterocycles. The quantitative estimate of drug-likeness (QED) is 0.847. The van der Waals surface area contributed by atoms with Crippen LogP contribution in [0.4, 0.5) is 5.69 Å². The van der Waals surface area contributed by atoms with Gasteiger partial charge in [0.05, 0.1) is 0 Å². The summed E-state index contributed by atoms with van der Waals surface area (Å²) in [7, 11) is 2.23. The normalized spacial score (nSPS) is 25.3. The number of nitrogens with zero attached hydrogens (tertiary/aromatic N) is 3. The summed E-state index contributed by atoms with van der Waals surface area (Å²) < 4.78 is 0. The molecule has 3 nitrogen and oxygen atoms in total. The molecule has 0 saturated carbocycles. The number of rotatable bonds is 3. The van der Waals surface area contributed by atoms with Gasteiger partial charge in [-0.15, -0.1) is 0 Å². The van der Waals surface area contributed by atoms with Crippen LogP contribution in [0.1, 0.15) is 6.42 Å². The van der Waals surface area contributed by atoms with Gasteiger partial charge in [0.1, 0.15) is 0 Å². The van der Waals surface area contributed by atoms with Crippen LogP contribution in [0.25, 0.3) is 0 Å². The SMILES string of the molecule is CN1CCC(CN2CCN(c3cccc(Cl)c3)CC2)C1. The fraction of sp³-hybridized carbons (Fsp3) is 0.625. The minimum Gasteiger partial charge on any atom is -0.369 e. The smallest absolute Gasteiger partial charge is 0.0426 e. The van der Waals surface area contributed by atoms with Crippen molar-refractivity contribution in [1.82, 2.24) is 9.80 Å². The van der Waals surface area contributed by atoms with Crippen molar-refractivity contribution in [2.45, 2.75) is 6.42 Å². The first-order chi connectivity index (χ1) is 9.70. The lowest BCUT2D eigenvalue weighted by atomic mass is 10.1. The van der Waals surface area contributed by atoms with Crippen LogP contribution in [0.5, 0.6) is 0 Å². The van der Waals surface area contributed by atoms with E-state index in [1.54, 1.807) is 0 Å². The van der Waals surface area contributed by atoms with E-state index in [0.717, 1.165) is 24.0 Å². The van der Waals surface area contributed by atoms with Crippen molar-refractivity contribution in [2.75, 3.05) is 57.8 Å². The molecule has 0 radical (unpaired) electrons. The maximum absolute atomic E-state index is 6.08. The Balaban J connectivity index is 1.49. The molecule has 0 bridgehead atoms. The van der Waals surface area contributed by atoms with Gasteiger partial charge in [0.15, 0.2) is 0 Å². The highest BCUT2D eigenvalue weighted by Gasteiger charge is 2.24. The lowest BCUT2D eigenvalue weighted by Gasteiger charge is -2.37. The Morgan fingerprint density at radius 1 is 1.15 bits per heavy atom. The maximum Gasteiger partial charge on any atom is 0.0426 e. The minimum absolute atomic E-state index is 0.832. The van der Waals surface area contributed by atoms with Crippen molar-refractivity contribution in [3.8, 4) is 0 Å².